The topological polar surface area (TPSA) is 128 Å². The third kappa shape index (κ3) is 7.82. The van der Waals surface area contributed by atoms with Crippen molar-refractivity contribution in [1.82, 2.24) is 9.62 Å². The standard InChI is InChI=1S/C17H23N3O7S/c1-11(21)18-28-10-14(19(5)16(23)27-17(2,3)4)15(22)26-13-8-6-12(7-9-13)20(24)25/h6-9,14H,10H2,1-5H3,(H,18,21)/t14-/m0/s1. The second kappa shape index (κ2) is 9.93. The van der Waals surface area contributed by atoms with Gasteiger partial charge in [-0.05, 0) is 44.9 Å². The van der Waals surface area contributed by atoms with E-state index < -0.39 is 28.6 Å². The molecule has 0 aliphatic heterocycles. The third-order valence-corrected chi connectivity index (χ3v) is 4.06. The fourth-order valence-corrected chi connectivity index (χ4v) is 2.65. The monoisotopic (exact) mass is 413 g/mol. The van der Waals surface area contributed by atoms with Crippen molar-refractivity contribution in [3.63, 3.8) is 0 Å². The summed E-state index contributed by atoms with van der Waals surface area (Å²) in [6.07, 6.45) is -0.735. The summed E-state index contributed by atoms with van der Waals surface area (Å²) in [5, 5.41) is 10.7. The Balaban J connectivity index is 2.92. The van der Waals surface area contributed by atoms with Crippen molar-refractivity contribution >= 4 is 35.6 Å². The predicted molar refractivity (Wildman–Crippen MR) is 103 cm³/mol. The number of nitrogens with one attached hydrogen (secondary N) is 1. The minimum atomic E-state index is -1.07. The normalized spacial score (nSPS) is 11.9. The van der Waals surface area contributed by atoms with Gasteiger partial charge in [0, 0.05) is 31.9 Å². The Bertz CT molecular complexity index is 731. The van der Waals surface area contributed by atoms with Crippen molar-refractivity contribution in [3.05, 3.63) is 34.4 Å². The van der Waals surface area contributed by atoms with E-state index in [2.05, 4.69) is 4.72 Å². The van der Waals surface area contributed by atoms with Crippen LogP contribution in [0, 0.1) is 10.1 Å². The second-order valence-corrected chi connectivity index (χ2v) is 7.57. The molecule has 1 aromatic carbocycles. The van der Waals surface area contributed by atoms with E-state index in [4.69, 9.17) is 9.47 Å². The van der Waals surface area contributed by atoms with Gasteiger partial charge in [-0.25, -0.2) is 9.59 Å². The molecule has 1 N–H and O–H groups in total. The molecule has 0 aromatic heterocycles. The van der Waals surface area contributed by atoms with Crippen LogP contribution in [-0.4, -0.2) is 52.2 Å². The van der Waals surface area contributed by atoms with Gasteiger partial charge in [-0.3, -0.25) is 19.8 Å². The Labute approximate surface area is 166 Å². The molecule has 0 fully saturated rings. The first-order chi connectivity index (χ1) is 12.9. The Morgan fingerprint density at radius 2 is 1.82 bits per heavy atom. The SMILES string of the molecule is CC(=O)NSC[C@@H](C(=O)Oc1ccc([N+](=O)[O-])cc1)N(C)C(=O)OC(C)(C)C. The molecular weight excluding hydrogens is 390 g/mol. The number of non-ortho nitro benzene ring substituents is 1. The fourth-order valence-electron chi connectivity index (χ4n) is 1.84. The minimum absolute atomic E-state index is 0.0150. The number of hydrogen-bond acceptors (Lipinski definition) is 8. The molecule has 0 aliphatic rings. The fraction of sp³-hybridized carbons (Fsp3) is 0.471. The van der Waals surface area contributed by atoms with E-state index in [0.29, 0.717) is 0 Å². The Kier molecular flexibility index (Phi) is 8.23. The van der Waals surface area contributed by atoms with Crippen LogP contribution in [0.3, 0.4) is 0 Å². The van der Waals surface area contributed by atoms with Gasteiger partial charge in [-0.1, -0.05) is 0 Å². The van der Waals surface area contributed by atoms with E-state index >= 15 is 0 Å². The van der Waals surface area contributed by atoms with Gasteiger partial charge >= 0.3 is 12.1 Å². The summed E-state index contributed by atoms with van der Waals surface area (Å²) < 4.78 is 13.0. The van der Waals surface area contributed by atoms with E-state index in [-0.39, 0.29) is 23.1 Å². The molecule has 0 radical (unpaired) electrons. The maximum absolute atomic E-state index is 12.6. The first kappa shape index (κ1) is 23.2. The number of carbonyl (C=O) groups excluding carboxylic acids is 3. The van der Waals surface area contributed by atoms with Crippen LogP contribution in [0.25, 0.3) is 0 Å². The van der Waals surface area contributed by atoms with Crippen LogP contribution in [0.2, 0.25) is 0 Å². The van der Waals surface area contributed by atoms with Crippen LogP contribution < -0.4 is 9.46 Å². The van der Waals surface area contributed by atoms with Crippen LogP contribution in [0.4, 0.5) is 10.5 Å². The minimum Gasteiger partial charge on any atom is -0.444 e. The van der Waals surface area contributed by atoms with Gasteiger partial charge in [0.1, 0.15) is 17.4 Å². The van der Waals surface area contributed by atoms with E-state index in [1.165, 1.54) is 38.2 Å². The quantitative estimate of drug-likeness (QED) is 0.237. The summed E-state index contributed by atoms with van der Waals surface area (Å²) >= 11 is 0.939. The molecule has 0 bridgehead atoms. The zero-order chi connectivity index (χ0) is 21.5. The first-order valence-corrected chi connectivity index (χ1v) is 9.19. The number of rotatable bonds is 7. The molecule has 11 heteroatoms. The largest absolute Gasteiger partial charge is 0.444 e. The molecular formula is C17H23N3O7S. The molecule has 154 valence electrons. The molecule has 28 heavy (non-hydrogen) atoms. The van der Waals surface area contributed by atoms with E-state index in [1.54, 1.807) is 20.8 Å². The molecule has 1 rings (SSSR count). The highest BCUT2D eigenvalue weighted by Gasteiger charge is 2.32. The van der Waals surface area contributed by atoms with Crippen LogP contribution in [-0.2, 0) is 14.3 Å². The van der Waals surface area contributed by atoms with Crippen molar-refractivity contribution in [2.24, 2.45) is 0 Å². The lowest BCUT2D eigenvalue weighted by molar-refractivity contribution is -0.384. The van der Waals surface area contributed by atoms with E-state index in [0.717, 1.165) is 16.8 Å². The van der Waals surface area contributed by atoms with Gasteiger partial charge in [0.15, 0.2) is 0 Å². The van der Waals surface area contributed by atoms with Crippen molar-refractivity contribution in [1.29, 1.82) is 0 Å². The first-order valence-electron chi connectivity index (χ1n) is 8.21. The summed E-state index contributed by atoms with van der Waals surface area (Å²) in [6, 6.07) is 3.88. The molecule has 0 aliphatic carbocycles. The van der Waals surface area contributed by atoms with Crippen molar-refractivity contribution in [2.75, 3.05) is 12.8 Å². The van der Waals surface area contributed by atoms with Gasteiger partial charge in [-0.2, -0.15) is 0 Å². The average Bonchev–Trinajstić information content (AvgIpc) is 2.56. The van der Waals surface area contributed by atoms with E-state index in [1.807, 2.05) is 0 Å². The zero-order valence-corrected chi connectivity index (χ0v) is 17.1. The maximum atomic E-state index is 12.6. The highest BCUT2D eigenvalue weighted by molar-refractivity contribution is 7.98. The lowest BCUT2D eigenvalue weighted by Gasteiger charge is -2.29. The summed E-state index contributed by atoms with van der Waals surface area (Å²) in [5.74, 6) is -0.989. The highest BCUT2D eigenvalue weighted by atomic mass is 32.2. The number of ether oxygens (including phenoxy) is 2. The molecule has 1 aromatic rings. The third-order valence-electron chi connectivity index (χ3n) is 3.14. The number of esters is 1. The summed E-state index contributed by atoms with van der Waals surface area (Å²) in [4.78, 5) is 47.1. The smallest absolute Gasteiger partial charge is 0.410 e. The average molecular weight is 413 g/mol. The number of nitrogens with zero attached hydrogens (tertiary/aromatic N) is 2. The summed E-state index contributed by atoms with van der Waals surface area (Å²) in [7, 11) is 1.38. The number of carbonyl (C=O) groups is 3. The van der Waals surface area contributed by atoms with E-state index in [9.17, 15) is 24.5 Å². The van der Waals surface area contributed by atoms with Crippen molar-refractivity contribution in [3.8, 4) is 5.75 Å². The molecule has 0 saturated heterocycles. The molecule has 0 saturated carbocycles. The van der Waals surface area contributed by atoms with Crippen molar-refractivity contribution in [2.45, 2.75) is 39.3 Å². The molecule has 0 heterocycles. The molecule has 0 unspecified atom stereocenters. The van der Waals surface area contributed by atoms with Crippen LogP contribution in [0.5, 0.6) is 5.75 Å². The molecule has 2 amide bonds. The Morgan fingerprint density at radius 3 is 2.29 bits per heavy atom. The number of benzene rings is 1. The van der Waals surface area contributed by atoms with Crippen LogP contribution in [0.1, 0.15) is 27.7 Å². The maximum Gasteiger partial charge on any atom is 0.410 e. The van der Waals surface area contributed by atoms with Crippen LogP contribution in [0.15, 0.2) is 24.3 Å². The van der Waals surface area contributed by atoms with Gasteiger partial charge in [0.25, 0.3) is 5.69 Å². The Morgan fingerprint density at radius 1 is 1.25 bits per heavy atom. The molecule has 0 spiro atoms. The molecule has 10 nitrogen and oxygen atoms in total. The zero-order valence-electron chi connectivity index (χ0n) is 16.3. The summed E-state index contributed by atoms with van der Waals surface area (Å²) in [6.45, 7) is 6.38. The van der Waals surface area contributed by atoms with Crippen LogP contribution >= 0.6 is 11.9 Å². The van der Waals surface area contributed by atoms with Gasteiger partial charge < -0.3 is 14.2 Å². The lowest BCUT2D eigenvalue weighted by Crippen LogP contribution is -2.48. The van der Waals surface area contributed by atoms with Gasteiger partial charge in [-0.15, -0.1) is 0 Å². The number of likely N-dealkylation sites (N-methyl/N-ethyl adjacent to an activating group) is 1. The second-order valence-electron chi connectivity index (χ2n) is 6.75. The predicted octanol–water partition coefficient (Wildman–Crippen LogP) is 2.52. The van der Waals surface area contributed by atoms with Gasteiger partial charge in [0.05, 0.1) is 4.92 Å². The lowest BCUT2D eigenvalue weighted by atomic mass is 10.2. The Hall–Kier alpha value is -2.82. The number of amides is 2. The number of nitro groups is 1. The number of hydrogen-bond donors (Lipinski definition) is 1. The number of nitro benzene ring substituents is 1. The van der Waals surface area contributed by atoms with Gasteiger partial charge in [0.2, 0.25) is 5.91 Å². The highest BCUT2D eigenvalue weighted by Crippen LogP contribution is 2.19. The summed E-state index contributed by atoms with van der Waals surface area (Å²) in [5.41, 5.74) is -0.911. The molecule has 1 atom stereocenters. The van der Waals surface area contributed by atoms with Crippen molar-refractivity contribution < 1.29 is 28.8 Å².